The molecule has 0 spiro atoms. The van der Waals surface area contributed by atoms with Crippen LogP contribution in [0.4, 0.5) is 0 Å². The molecule has 0 amide bonds. The molecule has 15 heavy (non-hydrogen) atoms. The van der Waals surface area contributed by atoms with Crippen molar-refractivity contribution in [2.24, 2.45) is 17.3 Å². The van der Waals surface area contributed by atoms with Crippen molar-refractivity contribution in [3.8, 4) is 0 Å². The van der Waals surface area contributed by atoms with Crippen LogP contribution < -0.4 is 0 Å². The first-order chi connectivity index (χ1) is 6.89. The van der Waals surface area contributed by atoms with E-state index in [0.29, 0.717) is 24.0 Å². The van der Waals surface area contributed by atoms with Crippen LogP contribution in [0.25, 0.3) is 0 Å². The van der Waals surface area contributed by atoms with Crippen LogP contribution in [0.3, 0.4) is 0 Å². The molecule has 1 heteroatoms. The van der Waals surface area contributed by atoms with E-state index >= 15 is 0 Å². The second-order valence-electron chi connectivity index (χ2n) is 5.56. The summed E-state index contributed by atoms with van der Waals surface area (Å²) in [5.74, 6) is 1.53. The number of hydrogen-bond acceptors (Lipinski definition) is 1. The maximum Gasteiger partial charge on any atom is 0.133 e. The molecule has 0 aromatic heterocycles. The van der Waals surface area contributed by atoms with E-state index in [1.165, 1.54) is 5.57 Å². The van der Waals surface area contributed by atoms with Gasteiger partial charge in [-0.25, -0.2) is 0 Å². The molecule has 0 N–H and O–H groups in total. The molecule has 1 aliphatic carbocycles. The largest absolute Gasteiger partial charge is 0.300 e. The Morgan fingerprint density at radius 1 is 1.53 bits per heavy atom. The molecule has 0 radical (unpaired) electrons. The Balaban J connectivity index is 2.86. The van der Waals surface area contributed by atoms with Crippen LogP contribution in [0.15, 0.2) is 11.6 Å². The normalized spacial score (nSPS) is 29.8. The number of allylic oxidation sites excluding steroid dienone is 2. The van der Waals surface area contributed by atoms with Gasteiger partial charge in [-0.2, -0.15) is 0 Å². The van der Waals surface area contributed by atoms with Crippen LogP contribution in [0.5, 0.6) is 0 Å². The number of ketones is 1. The van der Waals surface area contributed by atoms with Gasteiger partial charge in [0, 0.05) is 12.8 Å². The Labute approximate surface area is 93.9 Å². The third kappa shape index (κ3) is 2.50. The first-order valence-electron chi connectivity index (χ1n) is 6.08. The molecule has 0 aromatic carbocycles. The molecular formula is C14H24O. The van der Waals surface area contributed by atoms with Crippen LogP contribution in [-0.4, -0.2) is 5.78 Å². The number of carbonyl (C=O) groups excluding carboxylic acids is 1. The summed E-state index contributed by atoms with van der Waals surface area (Å²) < 4.78 is 0. The van der Waals surface area contributed by atoms with Crippen molar-refractivity contribution in [1.29, 1.82) is 0 Å². The summed E-state index contributed by atoms with van der Waals surface area (Å²) in [6, 6.07) is 0. The Kier molecular flexibility index (Phi) is 3.75. The number of hydrogen-bond donors (Lipinski definition) is 0. The van der Waals surface area contributed by atoms with E-state index < -0.39 is 0 Å². The Hall–Kier alpha value is -0.590. The van der Waals surface area contributed by atoms with E-state index in [4.69, 9.17) is 0 Å². The lowest BCUT2D eigenvalue weighted by atomic mass is 9.61. The summed E-state index contributed by atoms with van der Waals surface area (Å²) in [7, 11) is 0. The van der Waals surface area contributed by atoms with Crippen molar-refractivity contribution >= 4 is 5.78 Å². The SMILES string of the molecule is CCC(=O)CC1C(C)=CCC(C)C1(C)C. The number of Topliss-reactive ketones (excluding diaryl/α,β-unsaturated/α-hetero) is 1. The third-order valence-corrected chi connectivity index (χ3v) is 4.34. The van der Waals surface area contributed by atoms with E-state index in [1.54, 1.807) is 0 Å². The Bertz CT molecular complexity index is 273. The molecule has 0 aliphatic heterocycles. The molecule has 1 nitrogen and oxygen atoms in total. The Morgan fingerprint density at radius 3 is 2.67 bits per heavy atom. The molecule has 2 unspecified atom stereocenters. The summed E-state index contributed by atoms with van der Waals surface area (Å²) in [4.78, 5) is 11.6. The quantitative estimate of drug-likeness (QED) is 0.641. The molecule has 0 heterocycles. The fraction of sp³-hybridized carbons (Fsp3) is 0.786. The van der Waals surface area contributed by atoms with Crippen LogP contribution in [0.1, 0.15) is 53.9 Å². The van der Waals surface area contributed by atoms with E-state index in [2.05, 4.69) is 33.8 Å². The highest BCUT2D eigenvalue weighted by Crippen LogP contribution is 2.46. The van der Waals surface area contributed by atoms with Gasteiger partial charge in [-0.05, 0) is 30.6 Å². The van der Waals surface area contributed by atoms with Gasteiger partial charge in [0.2, 0.25) is 0 Å². The van der Waals surface area contributed by atoms with Crippen LogP contribution >= 0.6 is 0 Å². The Morgan fingerprint density at radius 2 is 2.13 bits per heavy atom. The minimum Gasteiger partial charge on any atom is -0.300 e. The molecule has 0 fully saturated rings. The maximum absolute atomic E-state index is 11.6. The van der Waals surface area contributed by atoms with Gasteiger partial charge < -0.3 is 0 Å². The van der Waals surface area contributed by atoms with Crippen LogP contribution in [0, 0.1) is 17.3 Å². The molecule has 0 bridgehead atoms. The summed E-state index contributed by atoms with van der Waals surface area (Å²) in [6.45, 7) is 11.1. The lowest BCUT2D eigenvalue weighted by Gasteiger charge is -2.43. The summed E-state index contributed by atoms with van der Waals surface area (Å²) in [5, 5.41) is 0. The monoisotopic (exact) mass is 208 g/mol. The zero-order valence-electron chi connectivity index (χ0n) is 10.8. The van der Waals surface area contributed by atoms with Gasteiger partial charge in [-0.3, -0.25) is 4.79 Å². The second-order valence-corrected chi connectivity index (χ2v) is 5.56. The first-order valence-corrected chi connectivity index (χ1v) is 6.08. The van der Waals surface area contributed by atoms with Gasteiger partial charge in [0.05, 0.1) is 0 Å². The smallest absolute Gasteiger partial charge is 0.133 e. The van der Waals surface area contributed by atoms with Gasteiger partial charge in [0.15, 0.2) is 0 Å². The van der Waals surface area contributed by atoms with Crippen LogP contribution in [0.2, 0.25) is 0 Å². The van der Waals surface area contributed by atoms with Gasteiger partial charge >= 0.3 is 0 Å². The molecule has 1 aliphatic rings. The molecule has 0 saturated carbocycles. The molecule has 0 saturated heterocycles. The predicted molar refractivity (Wildman–Crippen MR) is 64.7 cm³/mol. The van der Waals surface area contributed by atoms with Crippen molar-refractivity contribution in [2.45, 2.75) is 53.9 Å². The van der Waals surface area contributed by atoms with Gasteiger partial charge in [0.25, 0.3) is 0 Å². The van der Waals surface area contributed by atoms with E-state index in [9.17, 15) is 4.79 Å². The minimum absolute atomic E-state index is 0.268. The van der Waals surface area contributed by atoms with Crippen molar-refractivity contribution in [1.82, 2.24) is 0 Å². The van der Waals surface area contributed by atoms with Crippen molar-refractivity contribution < 1.29 is 4.79 Å². The van der Waals surface area contributed by atoms with E-state index in [0.717, 1.165) is 12.8 Å². The van der Waals surface area contributed by atoms with Gasteiger partial charge in [0.1, 0.15) is 5.78 Å². The first kappa shape index (κ1) is 12.5. The molecule has 1 rings (SSSR count). The second kappa shape index (κ2) is 4.51. The molecule has 2 atom stereocenters. The fourth-order valence-electron chi connectivity index (χ4n) is 2.53. The summed E-state index contributed by atoms with van der Waals surface area (Å²) in [5.41, 5.74) is 1.68. The van der Waals surface area contributed by atoms with Crippen molar-refractivity contribution in [3.63, 3.8) is 0 Å². The van der Waals surface area contributed by atoms with Gasteiger partial charge in [-0.1, -0.05) is 39.3 Å². The molecule has 0 aromatic rings. The van der Waals surface area contributed by atoms with E-state index in [-0.39, 0.29) is 5.41 Å². The lowest BCUT2D eigenvalue weighted by molar-refractivity contribution is -0.120. The van der Waals surface area contributed by atoms with Gasteiger partial charge in [-0.15, -0.1) is 0 Å². The average Bonchev–Trinajstić information content (AvgIpc) is 2.19. The molecular weight excluding hydrogens is 184 g/mol. The van der Waals surface area contributed by atoms with Crippen LogP contribution in [-0.2, 0) is 4.79 Å². The number of carbonyl (C=O) groups is 1. The summed E-state index contributed by atoms with van der Waals surface area (Å²) in [6.07, 6.45) is 4.89. The zero-order chi connectivity index (χ0) is 11.6. The lowest BCUT2D eigenvalue weighted by Crippen LogP contribution is -2.35. The summed E-state index contributed by atoms with van der Waals surface area (Å²) >= 11 is 0. The maximum atomic E-state index is 11.6. The standard InChI is InChI=1S/C14H24O/c1-6-12(15)9-13-10(2)7-8-11(3)14(13,4)5/h7,11,13H,6,8-9H2,1-5H3. The van der Waals surface area contributed by atoms with Crippen molar-refractivity contribution in [2.75, 3.05) is 0 Å². The average molecular weight is 208 g/mol. The highest BCUT2D eigenvalue weighted by atomic mass is 16.1. The minimum atomic E-state index is 0.268. The predicted octanol–water partition coefficient (Wildman–Crippen LogP) is 3.98. The van der Waals surface area contributed by atoms with E-state index in [1.807, 2.05) is 6.92 Å². The third-order valence-electron chi connectivity index (χ3n) is 4.34. The van der Waals surface area contributed by atoms with Crippen molar-refractivity contribution in [3.05, 3.63) is 11.6 Å². The highest BCUT2D eigenvalue weighted by Gasteiger charge is 2.38. The highest BCUT2D eigenvalue weighted by molar-refractivity contribution is 5.78. The molecule has 86 valence electrons. The fourth-order valence-corrected chi connectivity index (χ4v) is 2.53. The topological polar surface area (TPSA) is 17.1 Å². The zero-order valence-corrected chi connectivity index (χ0v) is 10.8. The number of rotatable bonds is 3.